The number of nitrogens with zero attached hydrogens (tertiary/aromatic N) is 1. The van der Waals surface area contributed by atoms with Crippen molar-refractivity contribution in [2.45, 2.75) is 10.8 Å². The number of fused-ring (bicyclic) bond motifs is 16. The second kappa shape index (κ2) is 8.52. The Labute approximate surface area is 257 Å². The predicted octanol–water partition coefficient (Wildman–Crippen LogP) is 9.79. The summed E-state index contributed by atoms with van der Waals surface area (Å²) in [7, 11) is 0. The Kier molecular flexibility index (Phi) is 4.64. The van der Waals surface area contributed by atoms with Gasteiger partial charge in [0.1, 0.15) is 0 Å². The maximum Gasteiger partial charge on any atom is 0.0720 e. The van der Waals surface area contributed by atoms with Gasteiger partial charge in [0.25, 0.3) is 0 Å². The third-order valence-electron chi connectivity index (χ3n) is 10.5. The summed E-state index contributed by atoms with van der Waals surface area (Å²) >= 11 is 0. The van der Waals surface area contributed by atoms with Gasteiger partial charge in [0.2, 0.25) is 0 Å². The van der Waals surface area contributed by atoms with Crippen LogP contribution in [0.2, 0.25) is 0 Å². The van der Waals surface area contributed by atoms with E-state index in [2.05, 4.69) is 151 Å². The van der Waals surface area contributed by atoms with Gasteiger partial charge in [0, 0.05) is 12.4 Å². The normalized spacial score (nSPS) is 15.2. The van der Waals surface area contributed by atoms with Crippen molar-refractivity contribution in [2.24, 2.45) is 0 Å². The fraction of sp³-hybridized carbons (Fsp3) is 0.0465. The van der Waals surface area contributed by atoms with E-state index < -0.39 is 10.8 Å². The molecule has 0 saturated carbocycles. The molecule has 1 heterocycles. The van der Waals surface area contributed by atoms with Crippen LogP contribution in [0, 0.1) is 0 Å². The van der Waals surface area contributed by atoms with Gasteiger partial charge in [-0.15, -0.1) is 0 Å². The molecule has 10 rings (SSSR count). The van der Waals surface area contributed by atoms with Crippen LogP contribution < -0.4 is 0 Å². The van der Waals surface area contributed by atoms with Crippen LogP contribution >= 0.6 is 0 Å². The van der Waals surface area contributed by atoms with E-state index in [-0.39, 0.29) is 0 Å². The first-order valence-electron chi connectivity index (χ1n) is 15.4. The fourth-order valence-electron chi connectivity index (χ4n) is 8.95. The second-order valence-corrected chi connectivity index (χ2v) is 12.2. The molecular formula is C43H27N. The lowest BCUT2D eigenvalue weighted by molar-refractivity contribution is 0.633. The molecule has 2 spiro atoms. The van der Waals surface area contributed by atoms with E-state index in [4.69, 9.17) is 0 Å². The lowest BCUT2D eigenvalue weighted by atomic mass is 9.52. The Balaban J connectivity index is 1.45. The van der Waals surface area contributed by atoms with E-state index in [9.17, 15) is 0 Å². The number of hydrogen-bond donors (Lipinski definition) is 0. The minimum absolute atomic E-state index is 0.440. The van der Waals surface area contributed by atoms with E-state index in [0.29, 0.717) is 0 Å². The molecule has 6 aromatic carbocycles. The number of pyridine rings is 1. The Hall–Kier alpha value is -5.53. The Morgan fingerprint density at radius 1 is 0.318 bits per heavy atom. The molecule has 0 saturated heterocycles. The van der Waals surface area contributed by atoms with Crippen LogP contribution in [-0.2, 0) is 10.8 Å². The summed E-state index contributed by atoms with van der Waals surface area (Å²) in [4.78, 5) is 4.50. The summed E-state index contributed by atoms with van der Waals surface area (Å²) in [6.45, 7) is 0. The van der Waals surface area contributed by atoms with Crippen molar-refractivity contribution in [2.75, 3.05) is 0 Å². The van der Waals surface area contributed by atoms with Gasteiger partial charge >= 0.3 is 0 Å². The van der Waals surface area contributed by atoms with Gasteiger partial charge in [-0.2, -0.15) is 0 Å². The lowest BCUT2D eigenvalue weighted by Crippen LogP contribution is -2.43. The minimum Gasteiger partial charge on any atom is -0.264 e. The highest BCUT2D eigenvalue weighted by Crippen LogP contribution is 2.67. The summed E-state index contributed by atoms with van der Waals surface area (Å²) in [6, 6.07) is 56.9. The van der Waals surface area contributed by atoms with E-state index in [1.807, 2.05) is 18.5 Å². The smallest absolute Gasteiger partial charge is 0.0720 e. The average molecular weight is 558 g/mol. The summed E-state index contributed by atoms with van der Waals surface area (Å²) in [5.74, 6) is 0. The molecule has 3 aliphatic carbocycles. The Morgan fingerprint density at radius 3 is 1.18 bits per heavy atom. The standard InChI is InChI=1S/C43H27N/c1-5-17-34-30(13-1)31-14-2-6-18-35(31)42(34)38-21-9-10-22-39(38)43(36-19-7-3-15-32(36)33-16-4-8-20-37(33)43)41-26-28(23-24-40(41)42)29-12-11-25-44-27-29/h1-27H. The number of rotatable bonds is 1. The highest BCUT2D eigenvalue weighted by atomic mass is 14.6. The molecular weight excluding hydrogens is 530 g/mol. The van der Waals surface area contributed by atoms with E-state index in [1.165, 1.54) is 72.3 Å². The minimum atomic E-state index is -0.463. The quantitative estimate of drug-likeness (QED) is 0.196. The van der Waals surface area contributed by atoms with Gasteiger partial charge in [0.15, 0.2) is 0 Å². The predicted molar refractivity (Wildman–Crippen MR) is 178 cm³/mol. The molecule has 0 bridgehead atoms. The summed E-state index contributed by atoms with van der Waals surface area (Å²) in [5, 5.41) is 0. The molecule has 0 N–H and O–H groups in total. The van der Waals surface area contributed by atoms with Crippen LogP contribution in [0.5, 0.6) is 0 Å². The van der Waals surface area contributed by atoms with Crippen molar-refractivity contribution >= 4 is 0 Å². The average Bonchev–Trinajstić information content (AvgIpc) is 3.57. The first-order chi connectivity index (χ1) is 21.8. The molecule has 204 valence electrons. The SMILES string of the molecule is c1cncc(-c2ccc3c(c2)C2(c4ccccc4-c4ccccc42)c2ccccc2C32c3ccccc3-c3ccccc32)c1. The zero-order chi connectivity index (χ0) is 28.9. The van der Waals surface area contributed by atoms with Crippen molar-refractivity contribution < 1.29 is 0 Å². The monoisotopic (exact) mass is 557 g/mol. The molecule has 0 amide bonds. The number of hydrogen-bond acceptors (Lipinski definition) is 1. The zero-order valence-electron chi connectivity index (χ0n) is 24.0. The van der Waals surface area contributed by atoms with Gasteiger partial charge in [-0.25, -0.2) is 0 Å². The van der Waals surface area contributed by atoms with Gasteiger partial charge in [-0.1, -0.05) is 140 Å². The highest BCUT2D eigenvalue weighted by Gasteiger charge is 2.58. The van der Waals surface area contributed by atoms with Crippen molar-refractivity contribution in [3.8, 4) is 33.4 Å². The van der Waals surface area contributed by atoms with Crippen LogP contribution in [0.25, 0.3) is 33.4 Å². The van der Waals surface area contributed by atoms with Crippen LogP contribution in [0.1, 0.15) is 44.5 Å². The van der Waals surface area contributed by atoms with Gasteiger partial charge in [-0.05, 0) is 90.0 Å². The molecule has 0 unspecified atom stereocenters. The largest absolute Gasteiger partial charge is 0.264 e. The van der Waals surface area contributed by atoms with Crippen molar-refractivity contribution in [3.63, 3.8) is 0 Å². The van der Waals surface area contributed by atoms with Crippen molar-refractivity contribution in [3.05, 3.63) is 209 Å². The maximum absolute atomic E-state index is 4.50. The van der Waals surface area contributed by atoms with E-state index >= 15 is 0 Å². The maximum atomic E-state index is 4.50. The molecule has 0 radical (unpaired) electrons. The lowest BCUT2D eigenvalue weighted by Gasteiger charge is -2.49. The van der Waals surface area contributed by atoms with Gasteiger partial charge < -0.3 is 0 Å². The van der Waals surface area contributed by atoms with Crippen molar-refractivity contribution in [1.82, 2.24) is 4.98 Å². The van der Waals surface area contributed by atoms with Crippen molar-refractivity contribution in [1.29, 1.82) is 0 Å². The summed E-state index contributed by atoms with van der Waals surface area (Å²) < 4.78 is 0. The van der Waals surface area contributed by atoms with Gasteiger partial charge in [0.05, 0.1) is 10.8 Å². The van der Waals surface area contributed by atoms with Crippen LogP contribution in [-0.4, -0.2) is 4.98 Å². The third kappa shape index (κ3) is 2.70. The summed E-state index contributed by atoms with van der Waals surface area (Å²) in [5.41, 5.74) is 17.6. The topological polar surface area (TPSA) is 12.9 Å². The number of benzene rings is 6. The second-order valence-electron chi connectivity index (χ2n) is 12.2. The van der Waals surface area contributed by atoms with Gasteiger partial charge in [-0.3, -0.25) is 4.98 Å². The molecule has 0 fully saturated rings. The zero-order valence-corrected chi connectivity index (χ0v) is 24.0. The molecule has 0 aliphatic heterocycles. The third-order valence-corrected chi connectivity index (χ3v) is 10.5. The molecule has 1 heteroatoms. The molecule has 1 nitrogen and oxygen atoms in total. The molecule has 0 atom stereocenters. The molecule has 1 aromatic heterocycles. The fourth-order valence-corrected chi connectivity index (χ4v) is 8.95. The number of aromatic nitrogens is 1. The van der Waals surface area contributed by atoms with E-state index in [0.717, 1.165) is 5.56 Å². The molecule has 3 aliphatic rings. The van der Waals surface area contributed by atoms with Crippen LogP contribution in [0.3, 0.4) is 0 Å². The Bertz CT molecular complexity index is 2200. The van der Waals surface area contributed by atoms with E-state index in [1.54, 1.807) is 0 Å². The first kappa shape index (κ1) is 24.0. The Morgan fingerprint density at radius 2 is 0.727 bits per heavy atom. The first-order valence-corrected chi connectivity index (χ1v) is 15.4. The van der Waals surface area contributed by atoms with Crippen LogP contribution in [0.15, 0.2) is 164 Å². The molecule has 44 heavy (non-hydrogen) atoms. The van der Waals surface area contributed by atoms with Crippen LogP contribution in [0.4, 0.5) is 0 Å². The highest BCUT2D eigenvalue weighted by molar-refractivity contribution is 5.94. The molecule has 7 aromatic rings. The summed E-state index contributed by atoms with van der Waals surface area (Å²) in [6.07, 6.45) is 3.84.